The SMILES string of the molecule is O=C(N[C@H]1C(=O)NN(C/C=C/c2ccccc2)[C@@H]1c1ccccc1)c1ccccc1. The first kappa shape index (κ1) is 19.6. The average Bonchev–Trinajstić information content (AvgIpc) is 3.10. The van der Waals surface area contributed by atoms with Crippen LogP contribution >= 0.6 is 0 Å². The summed E-state index contributed by atoms with van der Waals surface area (Å²) in [7, 11) is 0. The smallest absolute Gasteiger partial charge is 0.258 e. The molecule has 1 aliphatic rings. The first-order chi connectivity index (χ1) is 14.7. The van der Waals surface area contributed by atoms with E-state index in [1.807, 2.05) is 83.9 Å². The molecule has 5 heteroatoms. The van der Waals surface area contributed by atoms with Gasteiger partial charge in [-0.2, -0.15) is 0 Å². The Hall–Kier alpha value is -3.70. The third-order valence-electron chi connectivity index (χ3n) is 5.06. The Morgan fingerprint density at radius 3 is 2.17 bits per heavy atom. The highest BCUT2D eigenvalue weighted by Crippen LogP contribution is 2.28. The molecule has 30 heavy (non-hydrogen) atoms. The van der Waals surface area contributed by atoms with Gasteiger partial charge in [-0.3, -0.25) is 15.0 Å². The van der Waals surface area contributed by atoms with Crippen molar-refractivity contribution in [3.05, 3.63) is 114 Å². The number of hydrogen-bond donors (Lipinski definition) is 2. The topological polar surface area (TPSA) is 61.4 Å². The van der Waals surface area contributed by atoms with Crippen molar-refractivity contribution >= 4 is 17.9 Å². The molecule has 4 rings (SSSR count). The van der Waals surface area contributed by atoms with Crippen LogP contribution in [0.5, 0.6) is 0 Å². The number of carbonyl (C=O) groups is 2. The van der Waals surface area contributed by atoms with Crippen molar-refractivity contribution in [3.63, 3.8) is 0 Å². The molecule has 3 aromatic carbocycles. The minimum atomic E-state index is -0.690. The van der Waals surface area contributed by atoms with E-state index in [4.69, 9.17) is 0 Å². The Labute approximate surface area is 176 Å². The normalized spacial score (nSPS) is 19.0. The molecule has 5 nitrogen and oxygen atoms in total. The predicted octanol–water partition coefficient (Wildman–Crippen LogP) is 3.59. The van der Waals surface area contributed by atoms with Crippen LogP contribution in [0.25, 0.3) is 6.08 Å². The van der Waals surface area contributed by atoms with Crippen LogP contribution in [0, 0.1) is 0 Å². The molecule has 0 aliphatic carbocycles. The van der Waals surface area contributed by atoms with Gasteiger partial charge in [-0.15, -0.1) is 0 Å². The van der Waals surface area contributed by atoms with Crippen molar-refractivity contribution in [1.29, 1.82) is 0 Å². The van der Waals surface area contributed by atoms with E-state index in [0.29, 0.717) is 12.1 Å². The Bertz CT molecular complexity index is 1020. The van der Waals surface area contributed by atoms with Gasteiger partial charge >= 0.3 is 0 Å². The minimum absolute atomic E-state index is 0.221. The summed E-state index contributed by atoms with van der Waals surface area (Å²) in [5.74, 6) is -0.486. The fraction of sp³-hybridized carbons (Fsp3) is 0.120. The molecule has 150 valence electrons. The van der Waals surface area contributed by atoms with E-state index in [9.17, 15) is 9.59 Å². The highest BCUT2D eigenvalue weighted by atomic mass is 16.2. The largest absolute Gasteiger partial charge is 0.338 e. The monoisotopic (exact) mass is 397 g/mol. The Morgan fingerprint density at radius 1 is 0.900 bits per heavy atom. The summed E-state index contributed by atoms with van der Waals surface area (Å²) in [4.78, 5) is 25.5. The number of carbonyl (C=O) groups excluding carboxylic acids is 2. The molecule has 0 radical (unpaired) electrons. The number of hydrogen-bond acceptors (Lipinski definition) is 3. The van der Waals surface area contributed by atoms with Crippen LogP contribution in [-0.4, -0.2) is 29.4 Å². The Balaban J connectivity index is 1.55. The van der Waals surface area contributed by atoms with Gasteiger partial charge in [0.05, 0.1) is 6.04 Å². The maximum Gasteiger partial charge on any atom is 0.258 e. The molecule has 2 atom stereocenters. The highest BCUT2D eigenvalue weighted by molar-refractivity contribution is 5.98. The molecule has 1 fully saturated rings. The van der Waals surface area contributed by atoms with Crippen molar-refractivity contribution < 1.29 is 9.59 Å². The standard InChI is InChI=1S/C25H23N3O2/c29-24(21-16-8-3-9-17-21)26-22-23(20-14-6-2-7-15-20)28(27-25(22)30)18-10-13-19-11-4-1-5-12-19/h1-17,22-23H,18H2,(H,26,29)(H,27,30)/b13-10+/t22-,23-/m1/s1. The Kier molecular flexibility index (Phi) is 6.01. The Morgan fingerprint density at radius 2 is 1.50 bits per heavy atom. The van der Waals surface area contributed by atoms with Gasteiger partial charge in [-0.25, -0.2) is 5.01 Å². The maximum atomic E-state index is 12.8. The second-order valence-electron chi connectivity index (χ2n) is 7.11. The van der Waals surface area contributed by atoms with Crippen molar-refractivity contribution in [2.45, 2.75) is 12.1 Å². The summed E-state index contributed by atoms with van der Waals surface area (Å²) in [6.07, 6.45) is 4.02. The molecule has 1 saturated heterocycles. The van der Waals surface area contributed by atoms with Crippen LogP contribution in [0.4, 0.5) is 0 Å². The van der Waals surface area contributed by atoms with Gasteiger partial charge in [0.1, 0.15) is 6.04 Å². The molecule has 1 heterocycles. The summed E-state index contributed by atoms with van der Waals surface area (Å²) in [5, 5.41) is 4.78. The van der Waals surface area contributed by atoms with Gasteiger partial charge in [-0.1, -0.05) is 91.0 Å². The van der Waals surface area contributed by atoms with Gasteiger partial charge in [-0.05, 0) is 23.3 Å². The molecule has 2 N–H and O–H groups in total. The second-order valence-corrected chi connectivity index (χ2v) is 7.11. The molecule has 0 spiro atoms. The molecule has 0 unspecified atom stereocenters. The van der Waals surface area contributed by atoms with E-state index in [0.717, 1.165) is 11.1 Å². The number of amides is 2. The number of nitrogens with one attached hydrogen (secondary N) is 2. The summed E-state index contributed by atoms with van der Waals surface area (Å²) in [5.41, 5.74) is 5.50. The van der Waals surface area contributed by atoms with Crippen molar-refractivity contribution in [2.24, 2.45) is 0 Å². The zero-order valence-electron chi connectivity index (χ0n) is 16.4. The molecular formula is C25H23N3O2. The van der Waals surface area contributed by atoms with Crippen LogP contribution in [0.15, 0.2) is 97.1 Å². The van der Waals surface area contributed by atoms with Crippen LogP contribution in [0.1, 0.15) is 27.5 Å². The fourth-order valence-corrected chi connectivity index (χ4v) is 3.61. The number of rotatable bonds is 6. The third-order valence-corrected chi connectivity index (χ3v) is 5.06. The molecule has 0 saturated carbocycles. The number of hydrazine groups is 1. The van der Waals surface area contributed by atoms with Gasteiger partial charge in [0, 0.05) is 12.1 Å². The fourth-order valence-electron chi connectivity index (χ4n) is 3.61. The van der Waals surface area contributed by atoms with E-state index in [2.05, 4.69) is 10.7 Å². The molecule has 0 aromatic heterocycles. The second kappa shape index (κ2) is 9.20. The van der Waals surface area contributed by atoms with Gasteiger partial charge in [0.2, 0.25) is 0 Å². The quantitative estimate of drug-likeness (QED) is 0.668. The minimum Gasteiger partial charge on any atom is -0.338 e. The van der Waals surface area contributed by atoms with Gasteiger partial charge in [0.15, 0.2) is 0 Å². The summed E-state index contributed by atoms with van der Waals surface area (Å²) in [6, 6.07) is 27.7. The lowest BCUT2D eigenvalue weighted by Gasteiger charge is -2.25. The molecule has 2 amide bonds. The molecule has 0 bridgehead atoms. The van der Waals surface area contributed by atoms with E-state index in [1.165, 1.54) is 0 Å². The van der Waals surface area contributed by atoms with Crippen LogP contribution in [0.3, 0.4) is 0 Å². The van der Waals surface area contributed by atoms with E-state index < -0.39 is 6.04 Å². The predicted molar refractivity (Wildman–Crippen MR) is 117 cm³/mol. The van der Waals surface area contributed by atoms with Crippen molar-refractivity contribution in [3.8, 4) is 0 Å². The lowest BCUT2D eigenvalue weighted by atomic mass is 9.99. The maximum absolute atomic E-state index is 12.8. The first-order valence-corrected chi connectivity index (χ1v) is 9.92. The first-order valence-electron chi connectivity index (χ1n) is 9.92. The van der Waals surface area contributed by atoms with Crippen molar-refractivity contribution in [1.82, 2.24) is 15.8 Å². The van der Waals surface area contributed by atoms with Crippen molar-refractivity contribution in [2.75, 3.05) is 6.54 Å². The lowest BCUT2D eigenvalue weighted by Crippen LogP contribution is -2.43. The number of nitrogens with zero attached hydrogens (tertiary/aromatic N) is 1. The summed E-state index contributed by atoms with van der Waals surface area (Å²) < 4.78 is 0. The summed E-state index contributed by atoms with van der Waals surface area (Å²) >= 11 is 0. The van der Waals surface area contributed by atoms with Crippen LogP contribution < -0.4 is 10.7 Å². The van der Waals surface area contributed by atoms with Crippen LogP contribution in [-0.2, 0) is 4.79 Å². The van der Waals surface area contributed by atoms with Gasteiger partial charge < -0.3 is 5.32 Å². The van der Waals surface area contributed by atoms with E-state index in [1.54, 1.807) is 24.3 Å². The molecular weight excluding hydrogens is 374 g/mol. The third kappa shape index (κ3) is 4.47. The zero-order chi connectivity index (χ0) is 20.8. The van der Waals surface area contributed by atoms with E-state index in [-0.39, 0.29) is 17.9 Å². The molecule has 3 aromatic rings. The van der Waals surface area contributed by atoms with Crippen LogP contribution in [0.2, 0.25) is 0 Å². The average molecular weight is 397 g/mol. The zero-order valence-corrected chi connectivity index (χ0v) is 16.4. The van der Waals surface area contributed by atoms with E-state index >= 15 is 0 Å². The number of benzene rings is 3. The summed E-state index contributed by atoms with van der Waals surface area (Å²) in [6.45, 7) is 0.512. The van der Waals surface area contributed by atoms with Gasteiger partial charge in [0.25, 0.3) is 11.8 Å². The lowest BCUT2D eigenvalue weighted by molar-refractivity contribution is -0.122. The highest BCUT2D eigenvalue weighted by Gasteiger charge is 2.42. The molecule has 1 aliphatic heterocycles.